The van der Waals surface area contributed by atoms with E-state index in [9.17, 15) is 14.4 Å². The Hall–Kier alpha value is -0.424. The van der Waals surface area contributed by atoms with E-state index in [1.54, 1.807) is 0 Å². The fraction of sp³-hybridized carbons (Fsp3) is 0.400. The summed E-state index contributed by atoms with van der Waals surface area (Å²) in [4.78, 5) is 30.2. The molecule has 0 rings (SSSR count). The van der Waals surface area contributed by atoms with Crippen LogP contribution >= 0.6 is 0 Å². The maximum absolute atomic E-state index is 10.2. The van der Waals surface area contributed by atoms with Crippen molar-refractivity contribution in [2.45, 2.75) is 13.8 Å². The van der Waals surface area contributed by atoms with Crippen LogP contribution in [0.15, 0.2) is 0 Å². The van der Waals surface area contributed by atoms with Crippen LogP contribution in [0.4, 0.5) is 0 Å². The quantitative estimate of drug-likeness (QED) is 0.206. The zero-order chi connectivity index (χ0) is 7.44. The maximum Gasteiger partial charge on any atom is 0.381 e. The second kappa shape index (κ2) is 5.37. The first-order valence-corrected chi connectivity index (χ1v) is 2.27. The van der Waals surface area contributed by atoms with E-state index in [0.29, 0.717) is 0 Å². The highest BCUT2D eigenvalue weighted by atomic mass is 24.3. The molecule has 0 amide bonds. The lowest BCUT2D eigenvalue weighted by Gasteiger charge is -1.91. The van der Waals surface area contributed by atoms with E-state index in [4.69, 9.17) is 0 Å². The summed E-state index contributed by atoms with van der Waals surface area (Å²) in [7, 11) is 0. The molecule has 0 atom stereocenters. The average Bonchev–Trinajstić information content (AvgIpc) is 1.63. The van der Waals surface area contributed by atoms with E-state index < -0.39 is 17.7 Å². The summed E-state index contributed by atoms with van der Waals surface area (Å²) in [6.07, 6.45) is 0. The topological polar surface area (TPSA) is 60.4 Å². The number of esters is 2. The Labute approximate surface area is 74.1 Å². The summed E-state index contributed by atoms with van der Waals surface area (Å²) < 4.78 is 3.88. The predicted molar refractivity (Wildman–Crippen MR) is 36.0 cm³/mol. The third-order valence-electron chi connectivity index (χ3n) is 0.524. The first-order valence-electron chi connectivity index (χ1n) is 2.27. The number of ether oxygens (including phenoxy) is 1. The average molecular weight is 156 g/mol. The van der Waals surface area contributed by atoms with Crippen LogP contribution in [0.1, 0.15) is 13.8 Å². The zero-order valence-electron chi connectivity index (χ0n) is 5.13. The highest BCUT2D eigenvalue weighted by Crippen LogP contribution is 1.79. The van der Waals surface area contributed by atoms with Crippen LogP contribution in [0.3, 0.4) is 0 Å². The Kier molecular flexibility index (Phi) is 6.59. The highest BCUT2D eigenvalue weighted by Gasteiger charge is 2.10. The van der Waals surface area contributed by atoms with Crippen molar-refractivity contribution in [3.63, 3.8) is 0 Å². The molecule has 0 fully saturated rings. The number of ketones is 1. The molecule has 0 heterocycles. The van der Waals surface area contributed by atoms with Gasteiger partial charge in [-0.25, -0.2) is 4.79 Å². The molecule has 0 aliphatic heterocycles. The van der Waals surface area contributed by atoms with Gasteiger partial charge in [-0.3, -0.25) is 9.59 Å². The molecular weight excluding hydrogens is 148 g/mol. The Bertz CT molecular complexity index is 163. The van der Waals surface area contributed by atoms with Crippen molar-refractivity contribution in [2.75, 3.05) is 0 Å². The lowest BCUT2D eigenvalue weighted by Crippen LogP contribution is -2.16. The fourth-order valence-electron chi connectivity index (χ4n) is 0.202. The molecule has 0 radical (unpaired) electrons. The van der Waals surface area contributed by atoms with Gasteiger partial charge in [-0.1, -0.05) is 0 Å². The summed E-state index contributed by atoms with van der Waals surface area (Å²) in [5, 5.41) is 0. The molecule has 0 aromatic carbocycles. The van der Waals surface area contributed by atoms with Gasteiger partial charge in [0.25, 0.3) is 0 Å². The lowest BCUT2D eigenvalue weighted by atomic mass is 10.5. The number of hydrogen-bond acceptors (Lipinski definition) is 4. The Morgan fingerprint density at radius 2 is 1.50 bits per heavy atom. The molecule has 5 heteroatoms. The maximum atomic E-state index is 10.2. The van der Waals surface area contributed by atoms with Gasteiger partial charge in [0.15, 0.2) is 0 Å². The van der Waals surface area contributed by atoms with Crippen LogP contribution in [0, 0.1) is 0 Å². The van der Waals surface area contributed by atoms with Crippen LogP contribution in [0.5, 0.6) is 0 Å². The molecular formula is C5H8MgO4. The summed E-state index contributed by atoms with van der Waals surface area (Å²) in [5.74, 6) is -2.65. The van der Waals surface area contributed by atoms with Crippen LogP contribution in [0.2, 0.25) is 0 Å². The molecule has 0 unspecified atom stereocenters. The minimum atomic E-state index is -1.11. The van der Waals surface area contributed by atoms with Gasteiger partial charge in [-0.2, -0.15) is 0 Å². The van der Waals surface area contributed by atoms with Gasteiger partial charge in [0.05, 0.1) is 0 Å². The van der Waals surface area contributed by atoms with Gasteiger partial charge in [-0.15, -0.1) is 0 Å². The van der Waals surface area contributed by atoms with Crippen LogP contribution in [0.25, 0.3) is 0 Å². The second-order valence-corrected chi connectivity index (χ2v) is 1.44. The minimum Gasteiger partial charge on any atom is -0.387 e. The van der Waals surface area contributed by atoms with Gasteiger partial charge >= 0.3 is 35.0 Å². The van der Waals surface area contributed by atoms with E-state index in [-0.39, 0.29) is 23.1 Å². The molecule has 0 aromatic rings. The summed E-state index contributed by atoms with van der Waals surface area (Å²) in [6, 6.07) is 0. The fourth-order valence-corrected chi connectivity index (χ4v) is 0.202. The van der Waals surface area contributed by atoms with Gasteiger partial charge in [-0.05, 0) is 0 Å². The monoisotopic (exact) mass is 156 g/mol. The van der Waals surface area contributed by atoms with Crippen LogP contribution < -0.4 is 0 Å². The van der Waals surface area contributed by atoms with Crippen molar-refractivity contribution in [3.05, 3.63) is 0 Å². The molecule has 0 aromatic heterocycles. The molecule has 0 spiro atoms. The Morgan fingerprint density at radius 3 is 1.60 bits per heavy atom. The van der Waals surface area contributed by atoms with Crippen molar-refractivity contribution < 1.29 is 19.1 Å². The Morgan fingerprint density at radius 1 is 1.10 bits per heavy atom. The van der Waals surface area contributed by atoms with Crippen molar-refractivity contribution in [3.8, 4) is 0 Å². The van der Waals surface area contributed by atoms with E-state index in [1.807, 2.05) is 0 Å². The second-order valence-electron chi connectivity index (χ2n) is 1.44. The molecule has 0 aliphatic carbocycles. The molecule has 0 bridgehead atoms. The zero-order valence-corrected chi connectivity index (χ0v) is 5.13. The summed E-state index contributed by atoms with van der Waals surface area (Å²) in [6.45, 7) is 2.09. The number of hydrogen-bond donors (Lipinski definition) is 0. The third kappa shape index (κ3) is 5.71. The van der Waals surface area contributed by atoms with Crippen molar-refractivity contribution in [1.29, 1.82) is 0 Å². The first kappa shape index (κ1) is 12.3. The largest absolute Gasteiger partial charge is 0.387 e. The predicted octanol–water partition coefficient (Wildman–Crippen LogP) is -1.25. The van der Waals surface area contributed by atoms with Gasteiger partial charge in [0.2, 0.25) is 5.78 Å². The van der Waals surface area contributed by atoms with Gasteiger partial charge in [0, 0.05) is 13.8 Å². The van der Waals surface area contributed by atoms with Gasteiger partial charge in [0.1, 0.15) is 0 Å². The normalized spacial score (nSPS) is 7.40. The third-order valence-corrected chi connectivity index (χ3v) is 0.524. The van der Waals surface area contributed by atoms with Crippen LogP contribution in [-0.2, 0) is 19.1 Å². The lowest BCUT2D eigenvalue weighted by molar-refractivity contribution is -0.162. The molecule has 0 N–H and O–H groups in total. The molecule has 0 saturated carbocycles. The standard InChI is InChI=1S/C5H6O4.Mg.2H/c1-3(6)5(8)9-4(2)7;;;/h1-2H3;;;. The summed E-state index contributed by atoms with van der Waals surface area (Å²) >= 11 is 0. The molecule has 10 heavy (non-hydrogen) atoms. The summed E-state index contributed by atoms with van der Waals surface area (Å²) in [5.41, 5.74) is 0. The van der Waals surface area contributed by atoms with E-state index in [1.165, 1.54) is 0 Å². The Balaban J connectivity index is 0. The highest BCUT2D eigenvalue weighted by molar-refractivity contribution is 6.34. The molecule has 4 nitrogen and oxygen atoms in total. The van der Waals surface area contributed by atoms with Crippen LogP contribution in [-0.4, -0.2) is 40.8 Å². The number of rotatable bonds is 1. The minimum absolute atomic E-state index is 0. The first-order chi connectivity index (χ1) is 4.04. The molecule has 0 aliphatic rings. The van der Waals surface area contributed by atoms with E-state index in [0.717, 1.165) is 13.8 Å². The molecule has 54 valence electrons. The number of carbonyl (C=O) groups is 3. The molecule has 0 saturated heterocycles. The van der Waals surface area contributed by atoms with Crippen molar-refractivity contribution >= 4 is 40.8 Å². The van der Waals surface area contributed by atoms with E-state index >= 15 is 0 Å². The number of carbonyl (C=O) groups excluding carboxylic acids is 3. The number of Topliss-reactive ketones (excluding diaryl/α,β-unsaturated/α-hetero) is 1. The van der Waals surface area contributed by atoms with Crippen molar-refractivity contribution in [2.24, 2.45) is 0 Å². The SMILES string of the molecule is CC(=O)OC(=O)C(C)=O.[MgH2]. The van der Waals surface area contributed by atoms with E-state index in [2.05, 4.69) is 4.74 Å². The van der Waals surface area contributed by atoms with Crippen molar-refractivity contribution in [1.82, 2.24) is 0 Å². The van der Waals surface area contributed by atoms with Gasteiger partial charge < -0.3 is 4.74 Å². The smallest absolute Gasteiger partial charge is 0.381 e.